The van der Waals surface area contributed by atoms with Crippen molar-refractivity contribution in [3.8, 4) is 0 Å². The van der Waals surface area contributed by atoms with Crippen LogP contribution < -0.4 is 10.6 Å². The van der Waals surface area contributed by atoms with Crippen molar-refractivity contribution in [2.75, 3.05) is 30.8 Å². The first-order valence-corrected chi connectivity index (χ1v) is 6.44. The van der Waals surface area contributed by atoms with Gasteiger partial charge in [-0.25, -0.2) is 0 Å². The Morgan fingerprint density at radius 1 is 1.17 bits per heavy atom. The molecule has 0 amide bonds. The summed E-state index contributed by atoms with van der Waals surface area (Å²) in [6.07, 6.45) is 2.28. The molecule has 7 heteroatoms. The normalized spacial score (nSPS) is 10.7. The minimum Gasteiger partial charge on any atom is -0.379 e. The second-order valence-electron chi connectivity index (χ2n) is 4.06. The van der Waals surface area contributed by atoms with Crippen LogP contribution >= 0.6 is 11.6 Å². The lowest BCUT2D eigenvalue weighted by Gasteiger charge is -2.08. The van der Waals surface area contributed by atoms with Crippen LogP contribution in [0.5, 0.6) is 0 Å². The van der Waals surface area contributed by atoms with Gasteiger partial charge in [-0.1, -0.05) is 0 Å². The lowest BCUT2D eigenvalue weighted by Crippen LogP contribution is -2.10. The molecule has 1 rings (SSSR count). The highest BCUT2D eigenvalue weighted by atomic mass is 35.5. The SMILES string of the molecule is CNc1nc(Cl)nc(NCCCCOC(C)C)n1. The molecule has 102 valence electrons. The third kappa shape index (κ3) is 5.97. The predicted octanol–water partition coefficient (Wildman–Crippen LogP) is 2.18. The maximum Gasteiger partial charge on any atom is 0.228 e. The Morgan fingerprint density at radius 3 is 2.56 bits per heavy atom. The van der Waals surface area contributed by atoms with Gasteiger partial charge in [0.1, 0.15) is 0 Å². The fourth-order valence-corrected chi connectivity index (χ4v) is 1.45. The van der Waals surface area contributed by atoms with Crippen molar-refractivity contribution >= 4 is 23.5 Å². The van der Waals surface area contributed by atoms with Crippen molar-refractivity contribution in [3.63, 3.8) is 0 Å². The zero-order valence-corrected chi connectivity index (χ0v) is 11.8. The monoisotopic (exact) mass is 273 g/mol. The Labute approximate surface area is 113 Å². The molecule has 0 fully saturated rings. The van der Waals surface area contributed by atoms with E-state index in [1.807, 2.05) is 13.8 Å². The number of halogens is 1. The molecule has 0 saturated heterocycles. The van der Waals surface area contributed by atoms with Gasteiger partial charge in [0.2, 0.25) is 17.2 Å². The number of nitrogens with one attached hydrogen (secondary N) is 2. The largest absolute Gasteiger partial charge is 0.379 e. The van der Waals surface area contributed by atoms with Gasteiger partial charge in [-0.05, 0) is 38.3 Å². The predicted molar refractivity (Wildman–Crippen MR) is 73.2 cm³/mol. The summed E-state index contributed by atoms with van der Waals surface area (Å²) in [5.74, 6) is 0.949. The number of rotatable bonds is 8. The lowest BCUT2D eigenvalue weighted by atomic mass is 10.3. The van der Waals surface area contributed by atoms with E-state index >= 15 is 0 Å². The number of hydrogen-bond donors (Lipinski definition) is 2. The van der Waals surface area contributed by atoms with Crippen LogP contribution in [-0.4, -0.2) is 41.3 Å². The molecule has 0 bridgehead atoms. The summed E-state index contributed by atoms with van der Waals surface area (Å²) in [5.41, 5.74) is 0. The van der Waals surface area contributed by atoms with Crippen molar-refractivity contribution in [2.24, 2.45) is 0 Å². The molecule has 0 aromatic carbocycles. The van der Waals surface area contributed by atoms with Gasteiger partial charge < -0.3 is 15.4 Å². The van der Waals surface area contributed by atoms with E-state index in [9.17, 15) is 0 Å². The van der Waals surface area contributed by atoms with Crippen LogP contribution in [0.4, 0.5) is 11.9 Å². The van der Waals surface area contributed by atoms with Crippen LogP contribution in [0, 0.1) is 0 Å². The van der Waals surface area contributed by atoms with E-state index in [0.717, 1.165) is 26.0 Å². The highest BCUT2D eigenvalue weighted by Gasteiger charge is 2.02. The molecular formula is C11H20ClN5O. The number of nitrogens with zero attached hydrogens (tertiary/aromatic N) is 3. The Balaban J connectivity index is 2.24. The first-order valence-electron chi connectivity index (χ1n) is 6.06. The Morgan fingerprint density at radius 2 is 1.89 bits per heavy atom. The van der Waals surface area contributed by atoms with Crippen LogP contribution in [0.25, 0.3) is 0 Å². The van der Waals surface area contributed by atoms with Gasteiger partial charge in [-0.2, -0.15) is 15.0 Å². The number of unbranched alkanes of at least 4 members (excludes halogenated alkanes) is 1. The van der Waals surface area contributed by atoms with E-state index in [4.69, 9.17) is 16.3 Å². The molecule has 0 radical (unpaired) electrons. The van der Waals surface area contributed by atoms with Gasteiger partial charge in [0.25, 0.3) is 0 Å². The van der Waals surface area contributed by atoms with Gasteiger partial charge in [-0.15, -0.1) is 0 Å². The topological polar surface area (TPSA) is 72.0 Å². The lowest BCUT2D eigenvalue weighted by molar-refractivity contribution is 0.0765. The standard InChI is InChI=1S/C11H20ClN5O/c1-8(2)18-7-5-4-6-14-11-16-9(12)15-10(13-3)17-11/h8H,4-7H2,1-3H3,(H2,13,14,15,16,17). The van der Waals surface area contributed by atoms with Crippen LogP contribution in [-0.2, 0) is 4.74 Å². The highest BCUT2D eigenvalue weighted by Crippen LogP contribution is 2.08. The first-order chi connectivity index (χ1) is 8.61. The summed E-state index contributed by atoms with van der Waals surface area (Å²) in [4.78, 5) is 12.0. The fourth-order valence-electron chi connectivity index (χ4n) is 1.29. The van der Waals surface area contributed by atoms with E-state index in [2.05, 4.69) is 25.6 Å². The number of aromatic nitrogens is 3. The molecule has 1 heterocycles. The average molecular weight is 274 g/mol. The van der Waals surface area contributed by atoms with Gasteiger partial charge in [0.15, 0.2) is 0 Å². The van der Waals surface area contributed by atoms with Gasteiger partial charge >= 0.3 is 0 Å². The van der Waals surface area contributed by atoms with Crippen LogP contribution in [0.2, 0.25) is 5.28 Å². The summed E-state index contributed by atoms with van der Waals surface area (Å²) < 4.78 is 5.45. The van der Waals surface area contributed by atoms with Crippen LogP contribution in [0.15, 0.2) is 0 Å². The maximum absolute atomic E-state index is 5.76. The van der Waals surface area contributed by atoms with E-state index in [1.54, 1.807) is 7.05 Å². The molecule has 1 aromatic rings. The summed E-state index contributed by atoms with van der Waals surface area (Å²) in [6, 6.07) is 0. The van der Waals surface area contributed by atoms with Crippen molar-refractivity contribution in [2.45, 2.75) is 32.8 Å². The third-order valence-corrected chi connectivity index (χ3v) is 2.31. The van der Waals surface area contributed by atoms with Crippen LogP contribution in [0.1, 0.15) is 26.7 Å². The summed E-state index contributed by atoms with van der Waals surface area (Å²) in [7, 11) is 1.73. The van der Waals surface area contributed by atoms with E-state index in [1.165, 1.54) is 0 Å². The maximum atomic E-state index is 5.76. The average Bonchev–Trinajstić information content (AvgIpc) is 2.32. The zero-order chi connectivity index (χ0) is 13.4. The molecule has 0 aliphatic rings. The van der Waals surface area contributed by atoms with Crippen LogP contribution in [0.3, 0.4) is 0 Å². The molecule has 18 heavy (non-hydrogen) atoms. The van der Waals surface area contributed by atoms with Gasteiger partial charge in [0, 0.05) is 20.2 Å². The molecule has 0 aliphatic carbocycles. The van der Waals surface area contributed by atoms with E-state index in [0.29, 0.717) is 18.0 Å². The zero-order valence-electron chi connectivity index (χ0n) is 11.0. The molecule has 0 spiro atoms. The Kier molecular flexibility index (Phi) is 6.67. The molecular weight excluding hydrogens is 254 g/mol. The van der Waals surface area contributed by atoms with E-state index < -0.39 is 0 Å². The van der Waals surface area contributed by atoms with Crippen molar-refractivity contribution < 1.29 is 4.74 Å². The summed E-state index contributed by atoms with van der Waals surface area (Å²) in [6.45, 7) is 5.62. The second kappa shape index (κ2) is 8.05. The first kappa shape index (κ1) is 14.9. The molecule has 2 N–H and O–H groups in total. The third-order valence-electron chi connectivity index (χ3n) is 2.14. The molecule has 0 unspecified atom stereocenters. The smallest absolute Gasteiger partial charge is 0.228 e. The summed E-state index contributed by atoms with van der Waals surface area (Å²) >= 11 is 5.76. The van der Waals surface area contributed by atoms with Crippen molar-refractivity contribution in [3.05, 3.63) is 5.28 Å². The molecule has 0 saturated carbocycles. The van der Waals surface area contributed by atoms with Gasteiger partial charge in [-0.3, -0.25) is 0 Å². The van der Waals surface area contributed by atoms with Gasteiger partial charge in [0.05, 0.1) is 6.10 Å². The minimum absolute atomic E-state index is 0.181. The molecule has 6 nitrogen and oxygen atoms in total. The Hall–Kier alpha value is -1.14. The summed E-state index contributed by atoms with van der Waals surface area (Å²) in [5, 5.41) is 6.11. The minimum atomic E-state index is 0.181. The van der Waals surface area contributed by atoms with Crippen molar-refractivity contribution in [1.82, 2.24) is 15.0 Å². The molecule has 0 aliphatic heterocycles. The fraction of sp³-hybridized carbons (Fsp3) is 0.727. The molecule has 0 atom stereocenters. The number of ether oxygens (including phenoxy) is 1. The number of anilines is 2. The quantitative estimate of drug-likeness (QED) is 0.708. The second-order valence-corrected chi connectivity index (χ2v) is 4.39. The van der Waals surface area contributed by atoms with Crippen molar-refractivity contribution in [1.29, 1.82) is 0 Å². The highest BCUT2D eigenvalue weighted by molar-refractivity contribution is 6.28. The molecule has 1 aromatic heterocycles. The Bertz CT molecular complexity index is 361. The van der Waals surface area contributed by atoms with E-state index in [-0.39, 0.29) is 5.28 Å². The number of hydrogen-bond acceptors (Lipinski definition) is 6.